The third-order valence-corrected chi connectivity index (χ3v) is 3.99. The van der Waals surface area contributed by atoms with E-state index in [-0.39, 0.29) is 0 Å². The molecule has 1 aliphatic rings. The predicted octanol–water partition coefficient (Wildman–Crippen LogP) is 1.52. The first kappa shape index (κ1) is 13.9. The molecule has 6 heteroatoms. The van der Waals surface area contributed by atoms with E-state index in [0.29, 0.717) is 10.0 Å². The number of quaternary nitrogens is 1. The topological polar surface area (TPSA) is 19.7 Å². The number of thiocarbonyl (C=S) groups is 1. The molecule has 2 rings (SSSR count). The Morgan fingerprint density at radius 2 is 2.00 bits per heavy atom. The zero-order valence-electron chi connectivity index (χ0n) is 10.2. The van der Waals surface area contributed by atoms with Crippen LogP contribution in [-0.4, -0.2) is 43.2 Å². The third-order valence-electron chi connectivity index (χ3n) is 3.08. The summed E-state index contributed by atoms with van der Waals surface area (Å²) in [5.74, 6) is 0. The van der Waals surface area contributed by atoms with Crippen LogP contribution >= 0.6 is 35.4 Å². The van der Waals surface area contributed by atoms with Gasteiger partial charge in [0.1, 0.15) is 0 Å². The highest BCUT2D eigenvalue weighted by molar-refractivity contribution is 7.80. The molecule has 18 heavy (non-hydrogen) atoms. The Bertz CT molecular complexity index is 445. The molecule has 1 aliphatic heterocycles. The summed E-state index contributed by atoms with van der Waals surface area (Å²) in [5, 5.41) is 5.12. The lowest BCUT2D eigenvalue weighted by atomic mass is 10.3. The van der Waals surface area contributed by atoms with Crippen LogP contribution in [-0.2, 0) is 0 Å². The van der Waals surface area contributed by atoms with Crippen molar-refractivity contribution in [2.24, 2.45) is 0 Å². The zero-order chi connectivity index (χ0) is 13.1. The molecule has 0 atom stereocenters. The SMILES string of the molecule is C[NH+]1CCN(C(=S)Nc2ccc(Cl)cc2Cl)CC1. The van der Waals surface area contributed by atoms with Crippen molar-refractivity contribution in [3.63, 3.8) is 0 Å². The Kier molecular flexibility index (Phi) is 4.67. The maximum Gasteiger partial charge on any atom is 0.173 e. The summed E-state index contributed by atoms with van der Waals surface area (Å²) in [6, 6.07) is 5.35. The van der Waals surface area contributed by atoms with Gasteiger partial charge in [0.05, 0.1) is 43.9 Å². The lowest BCUT2D eigenvalue weighted by molar-refractivity contribution is -0.883. The summed E-state index contributed by atoms with van der Waals surface area (Å²) < 4.78 is 0. The van der Waals surface area contributed by atoms with Crippen molar-refractivity contribution in [2.45, 2.75) is 0 Å². The third kappa shape index (κ3) is 3.48. The zero-order valence-corrected chi connectivity index (χ0v) is 12.5. The van der Waals surface area contributed by atoms with E-state index >= 15 is 0 Å². The maximum atomic E-state index is 6.11. The normalized spacial score (nSPS) is 16.7. The monoisotopic (exact) mass is 304 g/mol. The minimum Gasteiger partial charge on any atom is -0.338 e. The first-order valence-corrected chi connectivity index (χ1v) is 7.05. The minimum absolute atomic E-state index is 0.588. The highest BCUT2D eigenvalue weighted by Crippen LogP contribution is 2.25. The number of benzene rings is 1. The molecule has 0 aliphatic carbocycles. The lowest BCUT2D eigenvalue weighted by Crippen LogP contribution is -3.12. The van der Waals surface area contributed by atoms with E-state index in [1.54, 1.807) is 17.0 Å². The van der Waals surface area contributed by atoms with Crippen molar-refractivity contribution < 1.29 is 4.90 Å². The van der Waals surface area contributed by atoms with Crippen LogP contribution in [0.2, 0.25) is 10.0 Å². The first-order chi connectivity index (χ1) is 8.56. The molecule has 1 aromatic carbocycles. The van der Waals surface area contributed by atoms with E-state index in [0.717, 1.165) is 37.0 Å². The molecule has 1 fully saturated rings. The van der Waals surface area contributed by atoms with Crippen LogP contribution in [0.4, 0.5) is 5.69 Å². The largest absolute Gasteiger partial charge is 0.338 e. The molecule has 0 spiro atoms. The number of hydrogen-bond acceptors (Lipinski definition) is 1. The predicted molar refractivity (Wildman–Crippen MR) is 80.9 cm³/mol. The number of anilines is 1. The average molecular weight is 305 g/mol. The van der Waals surface area contributed by atoms with Crippen LogP contribution in [0.5, 0.6) is 0 Å². The highest BCUT2D eigenvalue weighted by Gasteiger charge is 2.19. The molecule has 98 valence electrons. The molecular formula is C12H16Cl2N3S+. The average Bonchev–Trinajstić information content (AvgIpc) is 2.33. The van der Waals surface area contributed by atoms with Gasteiger partial charge in [0.25, 0.3) is 0 Å². The molecule has 3 nitrogen and oxygen atoms in total. The molecule has 2 N–H and O–H groups in total. The molecule has 0 saturated carbocycles. The molecule has 0 radical (unpaired) electrons. The summed E-state index contributed by atoms with van der Waals surface area (Å²) >= 11 is 17.4. The summed E-state index contributed by atoms with van der Waals surface area (Å²) in [5.41, 5.74) is 0.803. The fraction of sp³-hybridized carbons (Fsp3) is 0.417. The Labute approximate surface area is 123 Å². The number of rotatable bonds is 1. The van der Waals surface area contributed by atoms with Crippen LogP contribution in [0.1, 0.15) is 0 Å². The van der Waals surface area contributed by atoms with Crippen molar-refractivity contribution in [1.82, 2.24) is 4.90 Å². The van der Waals surface area contributed by atoms with Gasteiger partial charge in [0.2, 0.25) is 0 Å². The van der Waals surface area contributed by atoms with Gasteiger partial charge in [-0.15, -0.1) is 0 Å². The Morgan fingerprint density at radius 3 is 2.61 bits per heavy atom. The second-order valence-electron chi connectivity index (χ2n) is 4.50. The van der Waals surface area contributed by atoms with Gasteiger partial charge in [-0.2, -0.15) is 0 Å². The van der Waals surface area contributed by atoms with Gasteiger partial charge in [-0.1, -0.05) is 23.2 Å². The maximum absolute atomic E-state index is 6.11. The molecule has 0 amide bonds. The molecule has 1 saturated heterocycles. The van der Waals surface area contributed by atoms with Crippen LogP contribution < -0.4 is 10.2 Å². The number of nitrogens with one attached hydrogen (secondary N) is 2. The first-order valence-electron chi connectivity index (χ1n) is 5.88. The van der Waals surface area contributed by atoms with Gasteiger partial charge < -0.3 is 15.1 Å². The summed E-state index contributed by atoms with van der Waals surface area (Å²) in [4.78, 5) is 3.71. The van der Waals surface area contributed by atoms with E-state index < -0.39 is 0 Å². The number of hydrogen-bond donors (Lipinski definition) is 2. The van der Waals surface area contributed by atoms with Crippen molar-refractivity contribution in [2.75, 3.05) is 38.5 Å². The number of piperazine rings is 1. The van der Waals surface area contributed by atoms with Gasteiger partial charge in [-0.25, -0.2) is 0 Å². The summed E-state index contributed by atoms with van der Waals surface area (Å²) in [6.07, 6.45) is 0. The smallest absolute Gasteiger partial charge is 0.173 e. The van der Waals surface area contributed by atoms with Crippen molar-refractivity contribution >= 4 is 46.2 Å². The number of nitrogens with zero attached hydrogens (tertiary/aromatic N) is 1. The minimum atomic E-state index is 0.588. The van der Waals surface area contributed by atoms with Crippen LogP contribution in [0.15, 0.2) is 18.2 Å². The molecule has 0 aromatic heterocycles. The summed E-state index contributed by atoms with van der Waals surface area (Å²) in [6.45, 7) is 4.16. The van der Waals surface area contributed by atoms with Crippen molar-refractivity contribution in [1.29, 1.82) is 0 Å². The number of halogens is 2. The second-order valence-corrected chi connectivity index (χ2v) is 5.73. The molecule has 0 unspecified atom stereocenters. The van der Waals surface area contributed by atoms with E-state index in [1.165, 1.54) is 0 Å². The van der Waals surface area contributed by atoms with Gasteiger partial charge >= 0.3 is 0 Å². The van der Waals surface area contributed by atoms with Crippen LogP contribution in [0, 0.1) is 0 Å². The molecule has 1 heterocycles. The van der Waals surface area contributed by atoms with Crippen LogP contribution in [0.25, 0.3) is 0 Å². The van der Waals surface area contributed by atoms with Gasteiger partial charge in [0, 0.05) is 5.02 Å². The quantitative estimate of drug-likeness (QED) is 0.768. The Hall–Kier alpha value is -0.550. The molecular weight excluding hydrogens is 289 g/mol. The summed E-state index contributed by atoms with van der Waals surface area (Å²) in [7, 11) is 2.20. The van der Waals surface area contributed by atoms with Gasteiger partial charge in [-0.05, 0) is 30.4 Å². The van der Waals surface area contributed by atoms with E-state index in [4.69, 9.17) is 35.4 Å². The van der Waals surface area contributed by atoms with E-state index in [2.05, 4.69) is 17.3 Å². The Balaban J connectivity index is 1.98. The van der Waals surface area contributed by atoms with Crippen molar-refractivity contribution in [3.8, 4) is 0 Å². The van der Waals surface area contributed by atoms with Crippen molar-refractivity contribution in [3.05, 3.63) is 28.2 Å². The highest BCUT2D eigenvalue weighted by atomic mass is 35.5. The van der Waals surface area contributed by atoms with E-state index in [1.807, 2.05) is 6.07 Å². The fourth-order valence-electron chi connectivity index (χ4n) is 1.88. The standard InChI is InChI=1S/C12H15Cl2N3S/c1-16-4-6-17(7-5-16)12(18)15-11-3-2-9(13)8-10(11)14/h2-3,8H,4-7H2,1H3,(H,15,18)/p+1. The van der Waals surface area contributed by atoms with Gasteiger partial charge in [0.15, 0.2) is 5.11 Å². The number of likely N-dealkylation sites (N-methyl/N-ethyl adjacent to an activating group) is 1. The fourth-order valence-corrected chi connectivity index (χ4v) is 2.62. The van der Waals surface area contributed by atoms with Gasteiger partial charge in [-0.3, -0.25) is 0 Å². The molecule has 1 aromatic rings. The van der Waals surface area contributed by atoms with Crippen LogP contribution in [0.3, 0.4) is 0 Å². The second kappa shape index (κ2) is 6.06. The van der Waals surface area contributed by atoms with E-state index in [9.17, 15) is 0 Å². The lowest BCUT2D eigenvalue weighted by Gasteiger charge is -2.32. The Morgan fingerprint density at radius 1 is 1.33 bits per heavy atom. The molecule has 0 bridgehead atoms.